The lowest BCUT2D eigenvalue weighted by Gasteiger charge is -2.59. The number of nitrogens with zero attached hydrogens (tertiary/aromatic N) is 1. The highest BCUT2D eigenvalue weighted by molar-refractivity contribution is 5.23. The fourth-order valence-electron chi connectivity index (χ4n) is 4.06. The van der Waals surface area contributed by atoms with Crippen molar-refractivity contribution in [2.75, 3.05) is 13.2 Å². The second-order valence-corrected chi connectivity index (χ2v) is 6.94. The Balaban J connectivity index is 1.45. The Bertz CT molecular complexity index is 649. The zero-order chi connectivity index (χ0) is 15.7. The van der Waals surface area contributed by atoms with Gasteiger partial charge in [0.05, 0.1) is 5.54 Å². The molecule has 3 fully saturated rings. The molecule has 0 spiro atoms. The Labute approximate surface area is 136 Å². The van der Waals surface area contributed by atoms with Crippen LogP contribution in [0, 0.1) is 11.7 Å². The summed E-state index contributed by atoms with van der Waals surface area (Å²) in [5.74, 6) is 1.40. The number of halogens is 1. The van der Waals surface area contributed by atoms with Crippen molar-refractivity contribution in [3.05, 3.63) is 66.0 Å². The molecule has 0 atom stereocenters. The highest BCUT2D eigenvalue weighted by Gasteiger charge is 2.52. The first kappa shape index (κ1) is 14.7. The van der Waals surface area contributed by atoms with E-state index < -0.39 is 0 Å². The molecule has 2 bridgehead atoms. The van der Waals surface area contributed by atoms with Gasteiger partial charge in [0.1, 0.15) is 18.2 Å². The highest BCUT2D eigenvalue weighted by Crippen LogP contribution is 2.49. The number of hydrogen-bond donors (Lipinski definition) is 0. The molecule has 3 aliphatic rings. The van der Waals surface area contributed by atoms with Crippen LogP contribution in [0.2, 0.25) is 0 Å². The summed E-state index contributed by atoms with van der Waals surface area (Å²) in [6.45, 7) is 2.83. The highest BCUT2D eigenvalue weighted by atomic mass is 19.1. The predicted octanol–water partition coefficient (Wildman–Crippen LogP) is 4.26. The fraction of sp³-hybridized carbons (Fsp3) is 0.400. The lowest BCUT2D eigenvalue weighted by Crippen LogP contribution is -2.64. The Hall–Kier alpha value is -1.87. The Kier molecular flexibility index (Phi) is 3.82. The van der Waals surface area contributed by atoms with Crippen LogP contribution in [0.25, 0.3) is 0 Å². The molecule has 1 aliphatic carbocycles. The maximum atomic E-state index is 13.0. The van der Waals surface area contributed by atoms with Crippen LogP contribution in [0.5, 0.6) is 5.75 Å². The fourth-order valence-corrected chi connectivity index (χ4v) is 4.06. The first-order chi connectivity index (χ1) is 11.2. The first-order valence-corrected chi connectivity index (χ1v) is 8.41. The summed E-state index contributed by atoms with van der Waals surface area (Å²) in [5.41, 5.74) is 1.52. The van der Waals surface area contributed by atoms with Gasteiger partial charge in [0.15, 0.2) is 0 Å². The zero-order valence-electron chi connectivity index (χ0n) is 13.2. The Morgan fingerprint density at radius 2 is 1.78 bits per heavy atom. The lowest BCUT2D eigenvalue weighted by atomic mass is 9.63. The minimum absolute atomic E-state index is 0.160. The summed E-state index contributed by atoms with van der Waals surface area (Å²) in [5, 5.41) is 0. The molecule has 0 unspecified atom stereocenters. The molecule has 2 aromatic carbocycles. The normalized spacial score (nSPS) is 26.6. The summed E-state index contributed by atoms with van der Waals surface area (Å²) < 4.78 is 19.0. The topological polar surface area (TPSA) is 12.5 Å². The maximum absolute atomic E-state index is 13.0. The smallest absolute Gasteiger partial charge is 0.123 e. The Morgan fingerprint density at radius 1 is 1.04 bits per heavy atom. The predicted molar refractivity (Wildman–Crippen MR) is 88.8 cm³/mol. The molecule has 120 valence electrons. The van der Waals surface area contributed by atoms with Gasteiger partial charge < -0.3 is 4.74 Å². The molecule has 1 saturated carbocycles. The van der Waals surface area contributed by atoms with Crippen LogP contribution in [-0.4, -0.2) is 23.6 Å². The minimum atomic E-state index is -0.220. The van der Waals surface area contributed by atoms with Crippen molar-refractivity contribution >= 4 is 0 Å². The molecule has 3 heteroatoms. The van der Waals surface area contributed by atoms with Crippen LogP contribution in [0.3, 0.4) is 0 Å². The molecule has 23 heavy (non-hydrogen) atoms. The van der Waals surface area contributed by atoms with Crippen LogP contribution in [0.4, 0.5) is 4.39 Å². The van der Waals surface area contributed by atoms with Gasteiger partial charge in [0.25, 0.3) is 0 Å². The standard InChI is InChI=1S/C20H22FNO/c21-18-6-8-19(9-7-18)23-15-20-12-17(13-20)10-11-22(20)14-16-4-2-1-3-5-16/h1-9,17H,10-15H2. The third-order valence-corrected chi connectivity index (χ3v) is 5.35. The quantitative estimate of drug-likeness (QED) is 0.818. The molecular formula is C20H22FNO. The third kappa shape index (κ3) is 2.98. The second kappa shape index (κ2) is 5.97. The van der Waals surface area contributed by atoms with E-state index in [-0.39, 0.29) is 11.4 Å². The van der Waals surface area contributed by atoms with E-state index in [0.29, 0.717) is 6.61 Å². The van der Waals surface area contributed by atoms with E-state index in [1.807, 2.05) is 0 Å². The van der Waals surface area contributed by atoms with Crippen LogP contribution < -0.4 is 4.74 Å². The zero-order valence-corrected chi connectivity index (χ0v) is 13.2. The van der Waals surface area contributed by atoms with Crippen molar-refractivity contribution in [1.82, 2.24) is 4.90 Å². The summed E-state index contributed by atoms with van der Waals surface area (Å²) in [7, 11) is 0. The third-order valence-electron chi connectivity index (χ3n) is 5.35. The molecule has 0 aromatic heterocycles. The van der Waals surface area contributed by atoms with Gasteiger partial charge in [-0.25, -0.2) is 4.39 Å². The molecule has 5 rings (SSSR count). The van der Waals surface area contributed by atoms with E-state index in [1.165, 1.54) is 37.0 Å². The molecular weight excluding hydrogens is 289 g/mol. The number of hydrogen-bond acceptors (Lipinski definition) is 2. The van der Waals surface area contributed by atoms with Gasteiger partial charge in [-0.15, -0.1) is 0 Å². The number of piperidine rings is 2. The summed E-state index contributed by atoms with van der Waals surface area (Å²) in [4.78, 5) is 2.59. The van der Waals surface area contributed by atoms with Crippen molar-refractivity contribution < 1.29 is 9.13 Å². The van der Waals surface area contributed by atoms with Crippen molar-refractivity contribution in [3.8, 4) is 5.75 Å². The molecule has 0 amide bonds. The van der Waals surface area contributed by atoms with E-state index in [4.69, 9.17) is 4.74 Å². The van der Waals surface area contributed by atoms with Crippen molar-refractivity contribution in [2.45, 2.75) is 31.3 Å². The van der Waals surface area contributed by atoms with Gasteiger partial charge in [0.2, 0.25) is 0 Å². The average molecular weight is 311 g/mol. The largest absolute Gasteiger partial charge is 0.492 e. The SMILES string of the molecule is Fc1ccc(OCC23CC(CCN2Cc2ccccc2)C3)cc1. The lowest BCUT2D eigenvalue weighted by molar-refractivity contribution is -0.105. The van der Waals surface area contributed by atoms with Crippen LogP contribution in [0.1, 0.15) is 24.8 Å². The van der Waals surface area contributed by atoms with Crippen molar-refractivity contribution in [1.29, 1.82) is 0 Å². The first-order valence-electron chi connectivity index (χ1n) is 8.41. The van der Waals surface area contributed by atoms with Crippen molar-refractivity contribution in [3.63, 3.8) is 0 Å². The van der Waals surface area contributed by atoms with Crippen LogP contribution >= 0.6 is 0 Å². The van der Waals surface area contributed by atoms with Gasteiger partial charge in [-0.3, -0.25) is 4.90 Å². The molecule has 2 aliphatic heterocycles. The maximum Gasteiger partial charge on any atom is 0.123 e. The summed E-state index contributed by atoms with van der Waals surface area (Å²) >= 11 is 0. The number of benzene rings is 2. The molecule has 0 N–H and O–H groups in total. The molecule has 2 saturated heterocycles. The average Bonchev–Trinajstić information content (AvgIpc) is 2.55. The number of rotatable bonds is 5. The molecule has 2 aromatic rings. The van der Waals surface area contributed by atoms with Gasteiger partial charge in [-0.2, -0.15) is 0 Å². The van der Waals surface area contributed by atoms with Gasteiger partial charge in [0, 0.05) is 6.54 Å². The van der Waals surface area contributed by atoms with Crippen molar-refractivity contribution in [2.24, 2.45) is 5.92 Å². The Morgan fingerprint density at radius 3 is 2.52 bits per heavy atom. The van der Waals surface area contributed by atoms with Gasteiger partial charge in [-0.1, -0.05) is 30.3 Å². The summed E-state index contributed by atoms with van der Waals surface area (Å²) in [6, 6.07) is 17.0. The molecule has 2 nitrogen and oxygen atoms in total. The van der Waals surface area contributed by atoms with E-state index >= 15 is 0 Å². The van der Waals surface area contributed by atoms with E-state index in [9.17, 15) is 4.39 Å². The van der Waals surface area contributed by atoms with Crippen LogP contribution in [0.15, 0.2) is 54.6 Å². The van der Waals surface area contributed by atoms with E-state index in [1.54, 1.807) is 12.1 Å². The molecule has 0 radical (unpaired) electrons. The molecule has 2 heterocycles. The number of fused-ring (bicyclic) bond motifs is 2. The number of ether oxygens (including phenoxy) is 1. The van der Waals surface area contributed by atoms with Crippen LogP contribution in [-0.2, 0) is 6.54 Å². The van der Waals surface area contributed by atoms with Gasteiger partial charge >= 0.3 is 0 Å². The van der Waals surface area contributed by atoms with E-state index in [0.717, 1.165) is 24.8 Å². The van der Waals surface area contributed by atoms with Gasteiger partial charge in [-0.05, 0) is 61.6 Å². The second-order valence-electron chi connectivity index (χ2n) is 6.94. The van der Waals surface area contributed by atoms with E-state index in [2.05, 4.69) is 35.2 Å². The monoisotopic (exact) mass is 311 g/mol. The summed E-state index contributed by atoms with van der Waals surface area (Å²) in [6.07, 6.45) is 3.74. The minimum Gasteiger partial charge on any atom is -0.492 e.